The van der Waals surface area contributed by atoms with E-state index in [1.807, 2.05) is 22.6 Å². The number of benzene rings is 1. The van der Waals surface area contributed by atoms with Gasteiger partial charge in [-0.1, -0.05) is 15.9 Å². The van der Waals surface area contributed by atoms with Crippen LogP contribution in [0.3, 0.4) is 0 Å². The fourth-order valence-electron chi connectivity index (χ4n) is 1.15. The first kappa shape index (κ1) is 15.3. The second-order valence-corrected chi connectivity index (χ2v) is 6.26. The predicted molar refractivity (Wildman–Crippen MR) is 73.8 cm³/mol. The van der Waals surface area contributed by atoms with Gasteiger partial charge in [-0.15, -0.1) is 0 Å². The number of hydrogen-bond donors (Lipinski definition) is 0. The monoisotopic (exact) mass is 438 g/mol. The molecule has 1 aromatic carbocycles. The van der Waals surface area contributed by atoms with E-state index in [0.29, 0.717) is 14.5 Å². The van der Waals surface area contributed by atoms with Gasteiger partial charge in [0.05, 0.1) is 0 Å². The van der Waals surface area contributed by atoms with Crippen molar-refractivity contribution < 1.29 is 18.0 Å². The summed E-state index contributed by atoms with van der Waals surface area (Å²) in [5.41, 5.74) is -4.01. The maximum Gasteiger partial charge on any atom is 0.446 e. The van der Waals surface area contributed by atoms with Crippen molar-refractivity contribution in [1.82, 2.24) is 0 Å². The van der Waals surface area contributed by atoms with E-state index < -0.39 is 5.51 Å². The minimum atomic E-state index is -4.33. The molecule has 1 rings (SSSR count). The highest BCUT2D eigenvalue weighted by atomic mass is 127. The number of ketones is 1. The second kappa shape index (κ2) is 6.42. The van der Waals surface area contributed by atoms with E-state index in [1.165, 1.54) is 12.1 Å². The van der Waals surface area contributed by atoms with Crippen molar-refractivity contribution in [2.24, 2.45) is 0 Å². The van der Waals surface area contributed by atoms with Crippen LogP contribution in [0.4, 0.5) is 13.2 Å². The zero-order valence-electron chi connectivity index (χ0n) is 8.35. The summed E-state index contributed by atoms with van der Waals surface area (Å²) < 4.78 is 37.3. The molecule has 0 heterocycles. The van der Waals surface area contributed by atoms with Gasteiger partial charge in [0, 0.05) is 25.8 Å². The molecule has 0 spiro atoms. The van der Waals surface area contributed by atoms with Crippen LogP contribution >= 0.6 is 50.3 Å². The lowest BCUT2D eigenvalue weighted by atomic mass is 10.1. The van der Waals surface area contributed by atoms with E-state index in [1.54, 1.807) is 6.07 Å². The Hall–Kier alpha value is 0.240. The molecule has 0 fully saturated rings. The number of thioether (sulfide) groups is 1. The molecule has 0 bridgehead atoms. The van der Waals surface area contributed by atoms with Crippen LogP contribution in [0.5, 0.6) is 0 Å². The normalized spacial score (nSPS) is 11.6. The number of Topliss-reactive ketones (excluding diaryl/α,β-unsaturated/α-hetero) is 1. The van der Waals surface area contributed by atoms with Gasteiger partial charge in [0.15, 0.2) is 5.78 Å². The van der Waals surface area contributed by atoms with Crippen molar-refractivity contribution in [3.8, 4) is 0 Å². The highest BCUT2D eigenvalue weighted by Gasteiger charge is 2.29. The summed E-state index contributed by atoms with van der Waals surface area (Å²) >= 11 is 4.82. The van der Waals surface area contributed by atoms with Gasteiger partial charge >= 0.3 is 5.51 Å². The van der Waals surface area contributed by atoms with Crippen LogP contribution in [-0.4, -0.2) is 16.6 Å². The van der Waals surface area contributed by atoms with Crippen LogP contribution < -0.4 is 0 Å². The number of halogens is 5. The molecule has 0 N–H and O–H groups in total. The first-order valence-corrected chi connectivity index (χ1v) is 7.49. The van der Waals surface area contributed by atoms with E-state index in [2.05, 4.69) is 15.9 Å². The molecule has 17 heavy (non-hydrogen) atoms. The van der Waals surface area contributed by atoms with E-state index in [0.717, 1.165) is 0 Å². The topological polar surface area (TPSA) is 17.1 Å². The highest BCUT2D eigenvalue weighted by molar-refractivity contribution is 14.1. The summed E-state index contributed by atoms with van der Waals surface area (Å²) in [6.07, 6.45) is 0.274. The maximum atomic E-state index is 12.2. The van der Waals surface area contributed by atoms with Crippen LogP contribution in [0, 0.1) is 3.57 Å². The number of carbonyl (C=O) groups is 1. The summed E-state index contributed by atoms with van der Waals surface area (Å²) in [5, 5.41) is 0.499. The van der Waals surface area contributed by atoms with Crippen molar-refractivity contribution in [1.29, 1.82) is 0 Å². The lowest BCUT2D eigenvalue weighted by Crippen LogP contribution is -2.03. The zero-order valence-corrected chi connectivity index (χ0v) is 12.9. The molecular weight excluding hydrogens is 432 g/mol. The number of hydrogen-bond acceptors (Lipinski definition) is 2. The average molecular weight is 439 g/mol. The Kier molecular flexibility index (Phi) is 5.78. The van der Waals surface area contributed by atoms with Gasteiger partial charge in [-0.3, -0.25) is 4.79 Å². The molecule has 0 amide bonds. The molecule has 0 aliphatic rings. The minimum absolute atomic E-state index is 0.0438. The highest BCUT2D eigenvalue weighted by Crippen LogP contribution is 2.37. The van der Waals surface area contributed by atoms with Crippen LogP contribution in [0.2, 0.25) is 0 Å². The SMILES string of the molecule is O=C(CCBr)c1cc(I)cc(SC(F)(F)F)c1. The fourth-order valence-corrected chi connectivity index (χ4v) is 3.03. The summed E-state index contributed by atoms with van der Waals surface area (Å²) in [6, 6.07) is 4.28. The molecule has 0 aromatic heterocycles. The summed E-state index contributed by atoms with van der Waals surface area (Å²) in [7, 11) is 0. The largest absolute Gasteiger partial charge is 0.446 e. The van der Waals surface area contributed by atoms with Crippen LogP contribution in [0.1, 0.15) is 16.8 Å². The fraction of sp³-hybridized carbons (Fsp3) is 0.300. The molecule has 0 radical (unpaired) electrons. The zero-order chi connectivity index (χ0) is 13.1. The second-order valence-electron chi connectivity index (χ2n) is 3.09. The molecule has 0 aliphatic heterocycles. The third kappa shape index (κ3) is 5.60. The standard InChI is InChI=1S/C10H7BrF3IOS/c11-2-1-9(16)6-3-7(15)5-8(4-6)17-10(12,13)14/h3-5H,1-2H2. The Morgan fingerprint density at radius 3 is 2.53 bits per heavy atom. The van der Waals surface area contributed by atoms with Crippen LogP contribution in [0.15, 0.2) is 23.1 Å². The molecular formula is C10H7BrF3IOS. The summed E-state index contributed by atoms with van der Waals surface area (Å²) in [5.74, 6) is -0.163. The first-order valence-electron chi connectivity index (χ1n) is 4.47. The van der Waals surface area contributed by atoms with Crippen molar-refractivity contribution >= 4 is 56.1 Å². The predicted octanol–water partition coefficient (Wildman–Crippen LogP) is 4.87. The Morgan fingerprint density at radius 2 is 2.00 bits per heavy atom. The van der Waals surface area contributed by atoms with Gasteiger partial charge in [-0.25, -0.2) is 0 Å². The van der Waals surface area contributed by atoms with Gasteiger partial charge in [-0.2, -0.15) is 13.2 Å². The van der Waals surface area contributed by atoms with Crippen LogP contribution in [-0.2, 0) is 0 Å². The van der Waals surface area contributed by atoms with Gasteiger partial charge in [-0.05, 0) is 52.6 Å². The molecule has 0 saturated carbocycles. The molecule has 0 aliphatic carbocycles. The minimum Gasteiger partial charge on any atom is -0.294 e. The van der Waals surface area contributed by atoms with Gasteiger partial charge < -0.3 is 0 Å². The molecule has 1 nitrogen and oxygen atoms in total. The number of carbonyl (C=O) groups excluding carboxylic acids is 1. The molecule has 1 aromatic rings. The maximum absolute atomic E-state index is 12.2. The molecule has 94 valence electrons. The van der Waals surface area contributed by atoms with Gasteiger partial charge in [0.25, 0.3) is 0 Å². The Morgan fingerprint density at radius 1 is 1.35 bits per heavy atom. The molecule has 0 unspecified atom stereocenters. The third-order valence-corrected chi connectivity index (χ3v) is 3.47. The van der Waals surface area contributed by atoms with Crippen molar-refractivity contribution in [3.63, 3.8) is 0 Å². The van der Waals surface area contributed by atoms with E-state index in [-0.39, 0.29) is 28.9 Å². The lowest BCUT2D eigenvalue weighted by molar-refractivity contribution is -0.0328. The van der Waals surface area contributed by atoms with Crippen molar-refractivity contribution in [3.05, 3.63) is 27.3 Å². The average Bonchev–Trinajstić information content (AvgIpc) is 2.14. The quantitative estimate of drug-likeness (QED) is 0.288. The first-order chi connectivity index (χ1) is 7.81. The van der Waals surface area contributed by atoms with Crippen molar-refractivity contribution in [2.75, 3.05) is 5.33 Å². The number of alkyl halides is 4. The Balaban J connectivity index is 2.98. The summed E-state index contributed by atoms with van der Waals surface area (Å²) in [6.45, 7) is 0. The molecule has 0 atom stereocenters. The smallest absolute Gasteiger partial charge is 0.294 e. The number of rotatable bonds is 4. The van der Waals surface area contributed by atoms with E-state index >= 15 is 0 Å². The Bertz CT molecular complexity index is 423. The van der Waals surface area contributed by atoms with E-state index in [9.17, 15) is 18.0 Å². The molecule has 0 saturated heterocycles. The van der Waals surface area contributed by atoms with Crippen molar-refractivity contribution in [2.45, 2.75) is 16.8 Å². The van der Waals surface area contributed by atoms with Crippen LogP contribution in [0.25, 0.3) is 0 Å². The van der Waals surface area contributed by atoms with E-state index in [4.69, 9.17) is 0 Å². The van der Waals surface area contributed by atoms with Gasteiger partial charge in [0.1, 0.15) is 0 Å². The third-order valence-electron chi connectivity index (χ3n) is 1.75. The Labute approximate surface area is 123 Å². The van der Waals surface area contributed by atoms with Gasteiger partial charge in [0.2, 0.25) is 0 Å². The molecule has 7 heteroatoms. The lowest BCUT2D eigenvalue weighted by Gasteiger charge is -2.08. The summed E-state index contributed by atoms with van der Waals surface area (Å²) in [4.78, 5) is 11.6.